The fraction of sp³-hybridized carbons (Fsp3) is 0.381. The summed E-state index contributed by atoms with van der Waals surface area (Å²) in [7, 11) is 1.58. The van der Waals surface area contributed by atoms with E-state index in [-0.39, 0.29) is 6.61 Å². The fourth-order valence-electron chi connectivity index (χ4n) is 3.63. The van der Waals surface area contributed by atoms with Gasteiger partial charge in [-0.1, -0.05) is 17.7 Å². The highest BCUT2D eigenvalue weighted by Gasteiger charge is 2.21. The number of thiophene rings is 1. The highest BCUT2D eigenvalue weighted by Crippen LogP contribution is 2.39. The maximum absolute atomic E-state index is 10.6. The predicted octanol–water partition coefficient (Wildman–Crippen LogP) is 3.11. The largest absolute Gasteiger partial charge is 0.548 e. The quantitative estimate of drug-likeness (QED) is 0.567. The first-order valence-electron chi connectivity index (χ1n) is 9.70. The van der Waals surface area contributed by atoms with Gasteiger partial charge in [0.25, 0.3) is 0 Å². The standard InChI is InChI=1S/C21H22ClN3O4S/c1-28-15-7-6-12(8-14(15)22)9-23-20-19-13-4-2-3-5-16(13)30-21(19)25-17(24-20)10-29-11-18(26)27/h6-8H,2-5,9-11H2,1H3,(H,26,27)(H,23,24,25)/p-1. The molecule has 1 aromatic carbocycles. The van der Waals surface area contributed by atoms with Gasteiger partial charge in [0.15, 0.2) is 5.82 Å². The summed E-state index contributed by atoms with van der Waals surface area (Å²) in [5, 5.41) is 15.6. The van der Waals surface area contributed by atoms with Crippen LogP contribution in [0.4, 0.5) is 5.82 Å². The molecule has 1 aliphatic carbocycles. The van der Waals surface area contributed by atoms with Crippen LogP contribution in [-0.4, -0.2) is 29.7 Å². The van der Waals surface area contributed by atoms with Crippen molar-refractivity contribution in [2.75, 3.05) is 19.0 Å². The predicted molar refractivity (Wildman–Crippen MR) is 114 cm³/mol. The van der Waals surface area contributed by atoms with Gasteiger partial charge in [-0.15, -0.1) is 11.3 Å². The van der Waals surface area contributed by atoms with E-state index in [0.717, 1.165) is 40.9 Å². The van der Waals surface area contributed by atoms with Crippen molar-refractivity contribution in [3.05, 3.63) is 45.1 Å². The summed E-state index contributed by atoms with van der Waals surface area (Å²) in [6.45, 7) is 0.0464. The Bertz CT molecular complexity index is 1090. The van der Waals surface area contributed by atoms with E-state index in [1.165, 1.54) is 16.9 Å². The number of aromatic nitrogens is 2. The molecule has 9 heteroatoms. The van der Waals surface area contributed by atoms with E-state index in [4.69, 9.17) is 21.1 Å². The molecule has 0 bridgehead atoms. The van der Waals surface area contributed by atoms with Gasteiger partial charge in [-0.25, -0.2) is 9.97 Å². The molecular formula is C21H21ClN3O4S-. The molecule has 2 aromatic heterocycles. The average molecular weight is 447 g/mol. The summed E-state index contributed by atoms with van der Waals surface area (Å²) < 4.78 is 10.4. The lowest BCUT2D eigenvalue weighted by Crippen LogP contribution is -2.27. The van der Waals surface area contributed by atoms with Crippen molar-refractivity contribution < 1.29 is 19.4 Å². The molecule has 1 aliphatic rings. The minimum Gasteiger partial charge on any atom is -0.548 e. The fourth-order valence-corrected chi connectivity index (χ4v) is 5.19. The molecule has 0 aliphatic heterocycles. The summed E-state index contributed by atoms with van der Waals surface area (Å²) in [6.07, 6.45) is 4.41. The Hall–Kier alpha value is -2.42. The van der Waals surface area contributed by atoms with Crippen molar-refractivity contribution in [3.8, 4) is 5.75 Å². The second-order valence-corrected chi connectivity index (χ2v) is 8.56. The molecular weight excluding hydrogens is 426 g/mol. The second kappa shape index (κ2) is 9.16. The van der Waals surface area contributed by atoms with Crippen molar-refractivity contribution in [3.63, 3.8) is 0 Å². The van der Waals surface area contributed by atoms with Gasteiger partial charge < -0.3 is 24.7 Å². The number of carbonyl (C=O) groups excluding carboxylic acids is 1. The Labute approximate surface area is 183 Å². The van der Waals surface area contributed by atoms with Crippen LogP contribution in [0.25, 0.3) is 10.2 Å². The van der Waals surface area contributed by atoms with E-state index in [1.54, 1.807) is 18.4 Å². The van der Waals surface area contributed by atoms with Gasteiger partial charge in [0.2, 0.25) is 0 Å². The number of nitrogens with zero attached hydrogens (tertiary/aromatic N) is 2. The van der Waals surface area contributed by atoms with E-state index in [9.17, 15) is 9.90 Å². The zero-order valence-electron chi connectivity index (χ0n) is 16.5. The number of anilines is 1. The number of nitrogens with one attached hydrogen (secondary N) is 1. The summed E-state index contributed by atoms with van der Waals surface area (Å²) in [4.78, 5) is 22.1. The third kappa shape index (κ3) is 4.50. The van der Waals surface area contributed by atoms with Crippen LogP contribution >= 0.6 is 22.9 Å². The molecule has 4 rings (SSSR count). The second-order valence-electron chi connectivity index (χ2n) is 7.07. The molecule has 7 nitrogen and oxygen atoms in total. The molecule has 158 valence electrons. The van der Waals surface area contributed by atoms with E-state index < -0.39 is 12.6 Å². The minimum absolute atomic E-state index is 0.00946. The third-order valence-corrected chi connectivity index (χ3v) is 6.47. The molecule has 0 saturated heterocycles. The van der Waals surface area contributed by atoms with E-state index in [2.05, 4.69) is 15.3 Å². The van der Waals surface area contributed by atoms with Gasteiger partial charge in [-0.05, 0) is 48.9 Å². The molecule has 1 N–H and O–H groups in total. The Balaban J connectivity index is 1.64. The number of ether oxygens (including phenoxy) is 2. The van der Waals surface area contributed by atoms with Crippen LogP contribution in [0.2, 0.25) is 5.02 Å². The smallest absolute Gasteiger partial charge is 0.158 e. The Kier molecular flexibility index (Phi) is 6.36. The maximum Gasteiger partial charge on any atom is 0.158 e. The number of rotatable bonds is 8. The van der Waals surface area contributed by atoms with Gasteiger partial charge in [0.05, 0.1) is 30.1 Å². The van der Waals surface area contributed by atoms with Crippen molar-refractivity contribution >= 4 is 44.9 Å². The molecule has 0 amide bonds. The lowest BCUT2D eigenvalue weighted by Gasteiger charge is -2.14. The molecule has 0 radical (unpaired) electrons. The number of hydrogen-bond donors (Lipinski definition) is 1. The lowest BCUT2D eigenvalue weighted by molar-refractivity contribution is -0.309. The number of halogens is 1. The number of carboxylic acid groups (broad SMARTS) is 1. The molecule has 0 atom stereocenters. The molecule has 30 heavy (non-hydrogen) atoms. The zero-order valence-corrected chi connectivity index (χ0v) is 18.1. The van der Waals surface area contributed by atoms with Crippen LogP contribution in [0, 0.1) is 0 Å². The van der Waals surface area contributed by atoms with Crippen LogP contribution in [0.5, 0.6) is 5.75 Å². The maximum atomic E-state index is 10.6. The number of carboxylic acids is 1. The number of fused-ring (bicyclic) bond motifs is 3. The Morgan fingerprint density at radius 3 is 2.90 bits per heavy atom. The number of methoxy groups -OCH3 is 1. The van der Waals surface area contributed by atoms with E-state index in [1.807, 2.05) is 18.2 Å². The van der Waals surface area contributed by atoms with Crippen molar-refractivity contribution in [2.24, 2.45) is 0 Å². The van der Waals surface area contributed by atoms with Crippen molar-refractivity contribution in [2.45, 2.75) is 38.8 Å². The topological polar surface area (TPSA) is 96.4 Å². The summed E-state index contributed by atoms with van der Waals surface area (Å²) in [5.41, 5.74) is 2.31. The minimum atomic E-state index is -1.27. The van der Waals surface area contributed by atoms with E-state index >= 15 is 0 Å². The van der Waals surface area contributed by atoms with Gasteiger partial charge >= 0.3 is 0 Å². The number of benzene rings is 1. The Morgan fingerprint density at radius 1 is 1.30 bits per heavy atom. The molecule has 3 aromatic rings. The van der Waals surface area contributed by atoms with Crippen LogP contribution in [0.15, 0.2) is 18.2 Å². The molecule has 0 fully saturated rings. The first kappa shape index (κ1) is 20.8. The first-order chi connectivity index (χ1) is 14.5. The third-order valence-electron chi connectivity index (χ3n) is 4.99. The lowest BCUT2D eigenvalue weighted by atomic mass is 9.97. The number of hydrogen-bond acceptors (Lipinski definition) is 8. The summed E-state index contributed by atoms with van der Waals surface area (Å²) in [5.74, 6) is 0.539. The van der Waals surface area contributed by atoms with Crippen LogP contribution in [-0.2, 0) is 35.5 Å². The Morgan fingerprint density at radius 2 is 2.13 bits per heavy atom. The van der Waals surface area contributed by atoms with Crippen LogP contribution < -0.4 is 15.2 Å². The summed E-state index contributed by atoms with van der Waals surface area (Å²) >= 11 is 7.93. The molecule has 0 spiro atoms. The highest BCUT2D eigenvalue weighted by molar-refractivity contribution is 7.19. The van der Waals surface area contributed by atoms with E-state index in [0.29, 0.717) is 23.1 Å². The van der Waals surface area contributed by atoms with Gasteiger partial charge in [0.1, 0.15) is 23.0 Å². The number of carbonyl (C=O) groups is 1. The summed E-state index contributed by atoms with van der Waals surface area (Å²) in [6, 6.07) is 5.64. The number of aliphatic carboxylic acids is 1. The molecule has 0 saturated carbocycles. The molecule has 2 heterocycles. The van der Waals surface area contributed by atoms with Crippen molar-refractivity contribution in [1.82, 2.24) is 9.97 Å². The first-order valence-corrected chi connectivity index (χ1v) is 10.9. The van der Waals surface area contributed by atoms with Gasteiger partial charge in [0, 0.05) is 11.4 Å². The normalized spacial score (nSPS) is 13.3. The zero-order chi connectivity index (χ0) is 21.1. The average Bonchev–Trinajstić information content (AvgIpc) is 3.10. The van der Waals surface area contributed by atoms with Crippen LogP contribution in [0.1, 0.15) is 34.7 Å². The van der Waals surface area contributed by atoms with Crippen LogP contribution in [0.3, 0.4) is 0 Å². The SMILES string of the molecule is COc1ccc(CNc2nc(COCC(=O)[O-])nc3sc4c(c23)CCCC4)cc1Cl. The van der Waals surface area contributed by atoms with Crippen molar-refractivity contribution in [1.29, 1.82) is 0 Å². The van der Waals surface area contributed by atoms with Gasteiger partial charge in [-0.3, -0.25) is 0 Å². The number of aryl methyl sites for hydroxylation is 2. The highest BCUT2D eigenvalue weighted by atomic mass is 35.5. The van der Waals surface area contributed by atoms with Gasteiger partial charge in [-0.2, -0.15) is 0 Å². The molecule has 0 unspecified atom stereocenters. The monoisotopic (exact) mass is 446 g/mol.